The highest BCUT2D eigenvalue weighted by Crippen LogP contribution is 2.54. The van der Waals surface area contributed by atoms with Crippen LogP contribution in [0, 0.1) is 5.92 Å². The summed E-state index contributed by atoms with van der Waals surface area (Å²) in [6.45, 7) is 0. The van der Waals surface area contributed by atoms with E-state index in [0.29, 0.717) is 23.9 Å². The van der Waals surface area contributed by atoms with E-state index < -0.39 is 0 Å². The standard InChI is InChI=1S/C14H15NO/c16-14(9-5-6-9)15-12-7-8-13(15)11-4-2-1-3-10(11)12/h1-4,9,12-13H,5-8H2. The van der Waals surface area contributed by atoms with E-state index >= 15 is 0 Å². The lowest BCUT2D eigenvalue weighted by Crippen LogP contribution is -2.29. The molecule has 0 radical (unpaired) electrons. The molecule has 2 aliphatic heterocycles. The molecule has 0 aromatic heterocycles. The second-order valence-corrected chi connectivity index (χ2v) is 5.26. The van der Waals surface area contributed by atoms with Gasteiger partial charge in [0, 0.05) is 5.92 Å². The van der Waals surface area contributed by atoms with Gasteiger partial charge < -0.3 is 4.90 Å². The first-order valence-electron chi connectivity index (χ1n) is 6.27. The number of fused-ring (bicyclic) bond motifs is 5. The molecule has 2 unspecified atom stereocenters. The molecule has 1 amide bonds. The highest BCUT2D eigenvalue weighted by molar-refractivity contribution is 5.83. The maximum atomic E-state index is 12.3. The molecule has 2 fully saturated rings. The Hall–Kier alpha value is -1.31. The molecule has 82 valence electrons. The van der Waals surface area contributed by atoms with Gasteiger partial charge in [-0.1, -0.05) is 24.3 Å². The van der Waals surface area contributed by atoms with Crippen molar-refractivity contribution in [3.8, 4) is 0 Å². The largest absolute Gasteiger partial charge is 0.328 e. The van der Waals surface area contributed by atoms with Crippen LogP contribution in [0.15, 0.2) is 24.3 Å². The van der Waals surface area contributed by atoms with Crippen molar-refractivity contribution in [2.24, 2.45) is 5.92 Å². The molecule has 0 spiro atoms. The van der Waals surface area contributed by atoms with Crippen LogP contribution in [0.3, 0.4) is 0 Å². The van der Waals surface area contributed by atoms with Gasteiger partial charge in [0.05, 0.1) is 12.1 Å². The second-order valence-electron chi connectivity index (χ2n) is 5.26. The molecule has 4 rings (SSSR count). The molecule has 3 aliphatic rings. The van der Waals surface area contributed by atoms with Gasteiger partial charge in [0.25, 0.3) is 0 Å². The SMILES string of the molecule is O=C(C1CC1)N1C2CCC1c1ccccc12. The van der Waals surface area contributed by atoms with E-state index in [1.165, 1.54) is 24.0 Å². The molecular weight excluding hydrogens is 198 g/mol. The van der Waals surface area contributed by atoms with Crippen molar-refractivity contribution in [2.45, 2.75) is 37.8 Å². The molecule has 1 saturated carbocycles. The van der Waals surface area contributed by atoms with Crippen LogP contribution >= 0.6 is 0 Å². The smallest absolute Gasteiger partial charge is 0.226 e. The van der Waals surface area contributed by atoms with Crippen LogP contribution in [-0.4, -0.2) is 10.8 Å². The number of amides is 1. The third-order valence-corrected chi connectivity index (χ3v) is 4.28. The van der Waals surface area contributed by atoms with Crippen LogP contribution in [0.1, 0.15) is 48.9 Å². The lowest BCUT2D eigenvalue weighted by Gasteiger charge is -2.22. The third-order valence-electron chi connectivity index (χ3n) is 4.28. The zero-order valence-corrected chi connectivity index (χ0v) is 9.23. The van der Waals surface area contributed by atoms with Crippen molar-refractivity contribution < 1.29 is 4.79 Å². The predicted molar refractivity (Wildman–Crippen MR) is 60.7 cm³/mol. The quantitative estimate of drug-likeness (QED) is 0.702. The Labute approximate surface area is 95.3 Å². The number of nitrogens with zero attached hydrogens (tertiary/aromatic N) is 1. The van der Waals surface area contributed by atoms with E-state index in [1.807, 2.05) is 0 Å². The summed E-state index contributed by atoms with van der Waals surface area (Å²) in [5, 5.41) is 0. The fourth-order valence-electron chi connectivity index (χ4n) is 3.39. The van der Waals surface area contributed by atoms with E-state index in [4.69, 9.17) is 0 Å². The van der Waals surface area contributed by atoms with Crippen LogP contribution in [0.25, 0.3) is 0 Å². The van der Waals surface area contributed by atoms with Crippen molar-refractivity contribution in [3.63, 3.8) is 0 Å². The maximum absolute atomic E-state index is 12.3. The van der Waals surface area contributed by atoms with Crippen molar-refractivity contribution in [1.82, 2.24) is 4.90 Å². The number of hydrogen-bond acceptors (Lipinski definition) is 1. The summed E-state index contributed by atoms with van der Waals surface area (Å²) in [6.07, 6.45) is 4.57. The molecule has 1 saturated heterocycles. The number of carbonyl (C=O) groups is 1. The zero-order chi connectivity index (χ0) is 10.7. The molecule has 1 aliphatic carbocycles. The average Bonchev–Trinajstić information content (AvgIpc) is 3.03. The van der Waals surface area contributed by atoms with Gasteiger partial charge in [0.1, 0.15) is 0 Å². The van der Waals surface area contributed by atoms with Gasteiger partial charge in [-0.3, -0.25) is 4.79 Å². The average molecular weight is 213 g/mol. The summed E-state index contributed by atoms with van der Waals surface area (Å²) in [5.74, 6) is 0.779. The topological polar surface area (TPSA) is 20.3 Å². The van der Waals surface area contributed by atoms with Crippen LogP contribution in [0.4, 0.5) is 0 Å². The van der Waals surface area contributed by atoms with Crippen LogP contribution in [-0.2, 0) is 4.79 Å². The van der Waals surface area contributed by atoms with E-state index in [0.717, 1.165) is 12.8 Å². The van der Waals surface area contributed by atoms with Crippen molar-refractivity contribution in [1.29, 1.82) is 0 Å². The molecular formula is C14H15NO. The summed E-state index contributed by atoms with van der Waals surface area (Å²) in [5.41, 5.74) is 2.82. The summed E-state index contributed by atoms with van der Waals surface area (Å²) < 4.78 is 0. The van der Waals surface area contributed by atoms with Crippen LogP contribution < -0.4 is 0 Å². The first kappa shape index (κ1) is 8.80. The van der Waals surface area contributed by atoms with Gasteiger partial charge in [-0.2, -0.15) is 0 Å². The number of hydrogen-bond donors (Lipinski definition) is 0. The molecule has 2 bridgehead atoms. The number of rotatable bonds is 1. The zero-order valence-electron chi connectivity index (χ0n) is 9.23. The van der Waals surface area contributed by atoms with Gasteiger partial charge in [-0.15, -0.1) is 0 Å². The van der Waals surface area contributed by atoms with Crippen molar-refractivity contribution >= 4 is 5.91 Å². The molecule has 2 nitrogen and oxygen atoms in total. The minimum atomic E-state index is 0.359. The highest BCUT2D eigenvalue weighted by Gasteiger charge is 2.49. The normalized spacial score (nSPS) is 30.6. The molecule has 2 heterocycles. The Morgan fingerprint density at radius 2 is 1.56 bits per heavy atom. The van der Waals surface area contributed by atoms with Crippen molar-refractivity contribution in [3.05, 3.63) is 35.4 Å². The Morgan fingerprint density at radius 1 is 1.00 bits per heavy atom. The minimum Gasteiger partial charge on any atom is -0.328 e. The van der Waals surface area contributed by atoms with Gasteiger partial charge in [-0.25, -0.2) is 0 Å². The first-order valence-corrected chi connectivity index (χ1v) is 6.27. The fourth-order valence-corrected chi connectivity index (χ4v) is 3.39. The van der Waals surface area contributed by atoms with Gasteiger partial charge in [0.2, 0.25) is 5.91 Å². The van der Waals surface area contributed by atoms with Crippen LogP contribution in [0.5, 0.6) is 0 Å². The molecule has 1 aromatic carbocycles. The summed E-state index contributed by atoms with van der Waals surface area (Å²) in [7, 11) is 0. The second kappa shape index (κ2) is 2.88. The minimum absolute atomic E-state index is 0.359. The Kier molecular flexibility index (Phi) is 1.58. The number of benzene rings is 1. The fraction of sp³-hybridized carbons (Fsp3) is 0.500. The third kappa shape index (κ3) is 0.998. The summed E-state index contributed by atoms with van der Waals surface area (Å²) >= 11 is 0. The predicted octanol–water partition coefficient (Wildman–Crippen LogP) is 2.81. The lowest BCUT2D eigenvalue weighted by molar-refractivity contribution is -0.134. The van der Waals surface area contributed by atoms with E-state index in [-0.39, 0.29) is 0 Å². The maximum Gasteiger partial charge on any atom is 0.226 e. The van der Waals surface area contributed by atoms with E-state index in [1.54, 1.807) is 0 Å². The Balaban J connectivity index is 1.76. The summed E-state index contributed by atoms with van der Waals surface area (Å²) in [6, 6.07) is 9.39. The highest BCUT2D eigenvalue weighted by atomic mass is 16.2. The Morgan fingerprint density at radius 3 is 2.06 bits per heavy atom. The van der Waals surface area contributed by atoms with Gasteiger partial charge in [0.15, 0.2) is 0 Å². The lowest BCUT2D eigenvalue weighted by atomic mass is 9.92. The van der Waals surface area contributed by atoms with E-state index in [9.17, 15) is 4.79 Å². The molecule has 0 N–H and O–H groups in total. The van der Waals surface area contributed by atoms with E-state index in [2.05, 4.69) is 29.2 Å². The van der Waals surface area contributed by atoms with Gasteiger partial charge in [-0.05, 0) is 36.8 Å². The van der Waals surface area contributed by atoms with Crippen LogP contribution in [0.2, 0.25) is 0 Å². The number of carbonyl (C=O) groups excluding carboxylic acids is 1. The molecule has 2 atom stereocenters. The van der Waals surface area contributed by atoms with Gasteiger partial charge >= 0.3 is 0 Å². The first-order chi connectivity index (χ1) is 7.86. The summed E-state index contributed by atoms with van der Waals surface area (Å²) in [4.78, 5) is 14.4. The Bertz CT molecular complexity index is 433. The molecule has 1 aromatic rings. The van der Waals surface area contributed by atoms with Crippen molar-refractivity contribution in [2.75, 3.05) is 0 Å². The molecule has 16 heavy (non-hydrogen) atoms. The monoisotopic (exact) mass is 213 g/mol. The molecule has 2 heteroatoms.